The number of hydrogen-bond donors (Lipinski definition) is 3. The molecule has 1 aliphatic heterocycles. The van der Waals surface area contributed by atoms with Gasteiger partial charge in [-0.25, -0.2) is 9.59 Å². The summed E-state index contributed by atoms with van der Waals surface area (Å²) in [4.78, 5) is 24.1. The molecule has 2 aromatic carbocycles. The fraction of sp³-hybridized carbons (Fsp3) is 0.333. The maximum Gasteiger partial charge on any atom is 0.408 e. The Morgan fingerprint density at radius 2 is 1.57 bits per heavy atom. The first-order valence-electron chi connectivity index (χ1n) is 9.18. The number of carbonyl (C=O) groups excluding carboxylic acids is 1. The average molecular weight is 403 g/mol. The number of carbonyl (C=O) groups is 2. The van der Waals surface area contributed by atoms with Gasteiger partial charge in [0, 0.05) is 5.92 Å². The van der Waals surface area contributed by atoms with Crippen molar-refractivity contribution in [1.29, 1.82) is 0 Å². The number of nitrogens with one attached hydrogen (secondary N) is 2. The molecule has 1 saturated heterocycles. The van der Waals surface area contributed by atoms with E-state index in [1.54, 1.807) is 0 Å². The molecule has 0 bridgehead atoms. The topological polar surface area (TPSA) is 87.7 Å². The minimum absolute atomic E-state index is 0. The van der Waals surface area contributed by atoms with E-state index in [1.807, 2.05) is 36.4 Å². The largest absolute Gasteiger partial charge is 0.480 e. The first kappa shape index (κ1) is 20.2. The second-order valence-electron chi connectivity index (χ2n) is 7.09. The van der Waals surface area contributed by atoms with Crippen molar-refractivity contribution in [2.24, 2.45) is 0 Å². The number of fused-ring (bicyclic) bond motifs is 3. The standard InChI is InChI=1S/C21H22N2O4.ClH/c24-19(25)21(9-11-22-12-10-21)23-20(26)27-13-18-16-7-3-1-5-14(16)15-6-2-4-8-17(15)18;/h1-8,18,22H,9-13H2,(H,23,26)(H,24,25);1H. The molecule has 7 heteroatoms. The molecule has 0 saturated carbocycles. The maximum atomic E-state index is 12.4. The Morgan fingerprint density at radius 3 is 2.11 bits per heavy atom. The van der Waals surface area contributed by atoms with Crippen molar-refractivity contribution in [3.8, 4) is 11.1 Å². The normalized spacial score (nSPS) is 17.0. The lowest BCUT2D eigenvalue weighted by Gasteiger charge is -2.34. The fourth-order valence-corrected chi connectivity index (χ4v) is 4.08. The molecule has 0 spiro atoms. The van der Waals surface area contributed by atoms with E-state index in [4.69, 9.17) is 4.74 Å². The lowest BCUT2D eigenvalue weighted by molar-refractivity contribution is -0.145. The van der Waals surface area contributed by atoms with E-state index in [2.05, 4.69) is 22.8 Å². The fourth-order valence-electron chi connectivity index (χ4n) is 4.08. The third kappa shape index (κ3) is 3.57. The summed E-state index contributed by atoms with van der Waals surface area (Å²) in [6.07, 6.45) is 0.000141. The number of carboxylic acid groups (broad SMARTS) is 1. The maximum absolute atomic E-state index is 12.4. The van der Waals surface area contributed by atoms with Crippen LogP contribution >= 0.6 is 12.4 Å². The Morgan fingerprint density at radius 1 is 1.04 bits per heavy atom. The van der Waals surface area contributed by atoms with Crippen molar-refractivity contribution in [1.82, 2.24) is 10.6 Å². The highest BCUT2D eigenvalue weighted by molar-refractivity contribution is 5.85. The predicted octanol–water partition coefficient (Wildman–Crippen LogP) is 3.15. The van der Waals surface area contributed by atoms with Crippen LogP contribution in [0.1, 0.15) is 29.9 Å². The monoisotopic (exact) mass is 402 g/mol. The lowest BCUT2D eigenvalue weighted by Crippen LogP contribution is -2.59. The molecular formula is C21H23ClN2O4. The van der Waals surface area contributed by atoms with Crippen molar-refractivity contribution in [2.75, 3.05) is 19.7 Å². The highest BCUT2D eigenvalue weighted by atomic mass is 35.5. The minimum atomic E-state index is -1.26. The molecular weight excluding hydrogens is 380 g/mol. The molecule has 0 atom stereocenters. The molecule has 3 N–H and O–H groups in total. The molecule has 1 fully saturated rings. The smallest absolute Gasteiger partial charge is 0.408 e. The third-order valence-corrected chi connectivity index (χ3v) is 5.55. The Hall–Kier alpha value is -2.57. The van der Waals surface area contributed by atoms with Gasteiger partial charge in [0.1, 0.15) is 12.1 Å². The van der Waals surface area contributed by atoms with Crippen LogP contribution in [-0.2, 0) is 9.53 Å². The Balaban J connectivity index is 0.00000225. The van der Waals surface area contributed by atoms with Gasteiger partial charge >= 0.3 is 12.1 Å². The van der Waals surface area contributed by atoms with Crippen molar-refractivity contribution >= 4 is 24.5 Å². The molecule has 28 heavy (non-hydrogen) atoms. The van der Waals surface area contributed by atoms with Crippen molar-refractivity contribution in [2.45, 2.75) is 24.3 Å². The van der Waals surface area contributed by atoms with Crippen LogP contribution < -0.4 is 10.6 Å². The summed E-state index contributed by atoms with van der Waals surface area (Å²) in [7, 11) is 0. The number of hydrogen-bond acceptors (Lipinski definition) is 4. The van der Waals surface area contributed by atoms with E-state index in [-0.39, 0.29) is 24.9 Å². The van der Waals surface area contributed by atoms with Gasteiger partial charge in [-0.3, -0.25) is 0 Å². The van der Waals surface area contributed by atoms with Gasteiger partial charge in [0.2, 0.25) is 0 Å². The van der Waals surface area contributed by atoms with Crippen molar-refractivity contribution < 1.29 is 19.4 Å². The number of halogens is 1. The first-order chi connectivity index (χ1) is 13.1. The van der Waals surface area contributed by atoms with Gasteiger partial charge < -0.3 is 20.5 Å². The number of aliphatic carboxylic acids is 1. The molecule has 4 rings (SSSR count). The molecule has 1 aliphatic carbocycles. The quantitative estimate of drug-likeness (QED) is 0.731. The van der Waals surface area contributed by atoms with E-state index in [9.17, 15) is 14.7 Å². The Bertz CT molecular complexity index is 835. The molecule has 2 aromatic rings. The lowest BCUT2D eigenvalue weighted by atomic mass is 9.88. The van der Waals surface area contributed by atoms with E-state index in [0.29, 0.717) is 25.9 Å². The summed E-state index contributed by atoms with van der Waals surface area (Å²) < 4.78 is 5.48. The van der Waals surface area contributed by atoms with Crippen LogP contribution in [0.4, 0.5) is 4.79 Å². The number of alkyl carbamates (subject to hydrolysis) is 1. The zero-order valence-electron chi connectivity index (χ0n) is 15.3. The number of carboxylic acids is 1. The average Bonchev–Trinajstić information content (AvgIpc) is 3.01. The van der Waals surface area contributed by atoms with Gasteiger partial charge in [-0.1, -0.05) is 48.5 Å². The predicted molar refractivity (Wildman–Crippen MR) is 108 cm³/mol. The number of ether oxygens (including phenoxy) is 1. The molecule has 148 valence electrons. The van der Waals surface area contributed by atoms with Gasteiger partial charge in [0.25, 0.3) is 0 Å². The highest BCUT2D eigenvalue weighted by Gasteiger charge is 2.41. The van der Waals surface area contributed by atoms with E-state index >= 15 is 0 Å². The zero-order valence-corrected chi connectivity index (χ0v) is 16.1. The van der Waals surface area contributed by atoms with Crippen molar-refractivity contribution in [3.05, 3.63) is 59.7 Å². The van der Waals surface area contributed by atoms with E-state index < -0.39 is 17.6 Å². The van der Waals surface area contributed by atoms with Crippen LogP contribution in [0.15, 0.2) is 48.5 Å². The highest BCUT2D eigenvalue weighted by Crippen LogP contribution is 2.44. The molecule has 0 radical (unpaired) electrons. The van der Waals surface area contributed by atoms with Crippen LogP contribution in [0.2, 0.25) is 0 Å². The van der Waals surface area contributed by atoms with Crippen molar-refractivity contribution in [3.63, 3.8) is 0 Å². The summed E-state index contributed by atoms with van der Waals surface area (Å²) >= 11 is 0. The number of rotatable bonds is 4. The van der Waals surface area contributed by atoms with Crippen LogP contribution in [0, 0.1) is 0 Å². The first-order valence-corrected chi connectivity index (χ1v) is 9.18. The van der Waals surface area contributed by atoms with Gasteiger partial charge in [-0.05, 0) is 48.2 Å². The molecule has 1 heterocycles. The van der Waals surface area contributed by atoms with Gasteiger partial charge in [0.15, 0.2) is 0 Å². The molecule has 0 unspecified atom stereocenters. The van der Waals surface area contributed by atoms with Gasteiger partial charge in [0.05, 0.1) is 0 Å². The summed E-state index contributed by atoms with van der Waals surface area (Å²) in [6, 6.07) is 16.2. The van der Waals surface area contributed by atoms with Crippen LogP contribution in [-0.4, -0.2) is 42.4 Å². The summed E-state index contributed by atoms with van der Waals surface area (Å²) in [6.45, 7) is 1.28. The Kier molecular flexibility index (Phi) is 5.91. The van der Waals surface area contributed by atoms with E-state index in [1.165, 1.54) is 0 Å². The third-order valence-electron chi connectivity index (χ3n) is 5.55. The van der Waals surface area contributed by atoms with Crippen LogP contribution in [0.5, 0.6) is 0 Å². The summed E-state index contributed by atoms with van der Waals surface area (Å²) in [5.74, 6) is -1.06. The number of benzene rings is 2. The molecule has 2 aliphatic rings. The van der Waals surface area contributed by atoms with Crippen LogP contribution in [0.3, 0.4) is 0 Å². The second kappa shape index (κ2) is 8.20. The second-order valence-corrected chi connectivity index (χ2v) is 7.09. The minimum Gasteiger partial charge on any atom is -0.480 e. The van der Waals surface area contributed by atoms with Gasteiger partial charge in [-0.2, -0.15) is 0 Å². The Labute approximate surface area is 169 Å². The van der Waals surface area contributed by atoms with Gasteiger partial charge in [-0.15, -0.1) is 12.4 Å². The van der Waals surface area contributed by atoms with Crippen LogP contribution in [0.25, 0.3) is 11.1 Å². The summed E-state index contributed by atoms with van der Waals surface area (Å²) in [5, 5.41) is 15.3. The van der Waals surface area contributed by atoms with E-state index in [0.717, 1.165) is 22.3 Å². The molecule has 0 aromatic heterocycles. The number of piperidine rings is 1. The summed E-state index contributed by atoms with van der Waals surface area (Å²) in [5.41, 5.74) is 3.31. The SMILES string of the molecule is Cl.O=C(NC1(C(=O)O)CCNCC1)OCC1c2ccccc2-c2ccccc21. The molecule has 1 amide bonds. The number of amides is 1. The zero-order chi connectivity index (χ0) is 18.9. The molecule has 6 nitrogen and oxygen atoms in total.